The highest BCUT2D eigenvalue weighted by Crippen LogP contribution is 1.87. The lowest BCUT2D eigenvalue weighted by Gasteiger charge is -2.04. The van der Waals surface area contributed by atoms with Gasteiger partial charge >= 0.3 is 0 Å². The van der Waals surface area contributed by atoms with Crippen LogP contribution in [0, 0.1) is 0 Å². The molecule has 0 aromatic carbocycles. The summed E-state index contributed by atoms with van der Waals surface area (Å²) in [6, 6.07) is 0. The summed E-state index contributed by atoms with van der Waals surface area (Å²) in [6.45, 7) is 1.84. The number of amidine groups is 1. The molecule has 0 aliphatic heterocycles. The first-order valence-corrected chi connectivity index (χ1v) is 2.90. The normalized spacial score (nSPS) is 15.2. The Morgan fingerprint density at radius 2 is 2.44 bits per heavy atom. The van der Waals surface area contributed by atoms with Gasteiger partial charge in [-0.3, -0.25) is 0 Å². The summed E-state index contributed by atoms with van der Waals surface area (Å²) in [5, 5.41) is 12.6. The molecule has 4 N–H and O–H groups in total. The smallest absolute Gasteiger partial charge is 0.148 e. The van der Waals surface area contributed by atoms with Crippen LogP contribution in [0.25, 0.3) is 0 Å². The molecular formula is C5H13N3O. The fourth-order valence-electron chi connectivity index (χ4n) is 0.413. The lowest BCUT2D eigenvalue weighted by molar-refractivity contribution is 0.235. The molecule has 0 bridgehead atoms. The van der Waals surface area contributed by atoms with E-state index in [4.69, 9.17) is 10.8 Å². The van der Waals surface area contributed by atoms with E-state index in [0.717, 1.165) is 0 Å². The van der Waals surface area contributed by atoms with E-state index in [2.05, 4.69) is 10.5 Å². The molecule has 0 aromatic heterocycles. The highest BCUT2D eigenvalue weighted by molar-refractivity contribution is 5.84. The molecule has 54 valence electrons. The number of nitrogens with two attached hydrogens (primary N) is 1. The summed E-state index contributed by atoms with van der Waals surface area (Å²) < 4.78 is 0. The van der Waals surface area contributed by atoms with Gasteiger partial charge in [0.1, 0.15) is 11.9 Å². The number of hydrogen-bond acceptors (Lipinski definition) is 3. The van der Waals surface area contributed by atoms with Gasteiger partial charge in [0, 0.05) is 7.05 Å². The quantitative estimate of drug-likeness (QED) is 0.268. The minimum Gasteiger partial charge on any atom is -0.385 e. The van der Waals surface area contributed by atoms with Gasteiger partial charge in [0.2, 0.25) is 0 Å². The van der Waals surface area contributed by atoms with Crippen LogP contribution in [0.3, 0.4) is 0 Å². The second-order valence-electron chi connectivity index (χ2n) is 1.68. The Kier molecular flexibility index (Phi) is 3.79. The lowest BCUT2D eigenvalue weighted by atomic mass is 10.3. The Morgan fingerprint density at radius 1 is 1.89 bits per heavy atom. The van der Waals surface area contributed by atoms with Gasteiger partial charge in [-0.2, -0.15) is 5.10 Å². The van der Waals surface area contributed by atoms with Crippen LogP contribution in [0.1, 0.15) is 13.3 Å². The molecule has 0 heterocycles. The van der Waals surface area contributed by atoms with E-state index in [-0.39, 0.29) is 5.84 Å². The van der Waals surface area contributed by atoms with Crippen LogP contribution >= 0.6 is 0 Å². The first-order valence-electron chi connectivity index (χ1n) is 2.90. The first kappa shape index (κ1) is 8.23. The molecule has 0 aromatic rings. The minimum absolute atomic E-state index is 0.236. The number of rotatable bonds is 3. The molecular weight excluding hydrogens is 118 g/mol. The predicted molar refractivity (Wildman–Crippen MR) is 37.0 cm³/mol. The van der Waals surface area contributed by atoms with Crippen LogP contribution in [0.5, 0.6) is 0 Å². The highest BCUT2D eigenvalue weighted by atomic mass is 16.3. The maximum Gasteiger partial charge on any atom is 0.148 e. The Balaban J connectivity index is 3.70. The molecule has 0 rings (SSSR count). The molecule has 4 nitrogen and oxygen atoms in total. The van der Waals surface area contributed by atoms with Crippen LogP contribution in [0.2, 0.25) is 0 Å². The minimum atomic E-state index is -0.613. The van der Waals surface area contributed by atoms with Crippen molar-refractivity contribution in [2.24, 2.45) is 10.8 Å². The number of nitrogens with one attached hydrogen (secondary N) is 1. The summed E-state index contributed by atoms with van der Waals surface area (Å²) in [7, 11) is 1.63. The van der Waals surface area contributed by atoms with Gasteiger partial charge in [-0.15, -0.1) is 0 Å². The van der Waals surface area contributed by atoms with Crippen molar-refractivity contribution in [1.29, 1.82) is 0 Å². The van der Waals surface area contributed by atoms with Gasteiger partial charge in [0.25, 0.3) is 0 Å². The number of nitrogens with zero attached hydrogens (tertiary/aromatic N) is 1. The van der Waals surface area contributed by atoms with Crippen molar-refractivity contribution in [3.63, 3.8) is 0 Å². The average Bonchev–Trinajstić information content (AvgIpc) is 1.87. The van der Waals surface area contributed by atoms with Gasteiger partial charge in [-0.1, -0.05) is 6.92 Å². The van der Waals surface area contributed by atoms with E-state index in [1.165, 1.54) is 0 Å². The summed E-state index contributed by atoms with van der Waals surface area (Å²) in [6.07, 6.45) is -0.0192. The van der Waals surface area contributed by atoms with Crippen LogP contribution in [-0.4, -0.2) is 24.1 Å². The molecule has 0 amide bonds. The van der Waals surface area contributed by atoms with E-state index in [1.807, 2.05) is 6.92 Å². The van der Waals surface area contributed by atoms with E-state index in [9.17, 15) is 0 Å². The van der Waals surface area contributed by atoms with Gasteiger partial charge in [-0.05, 0) is 6.42 Å². The number of aliphatic hydroxyl groups is 1. The molecule has 1 atom stereocenters. The zero-order chi connectivity index (χ0) is 7.28. The topological polar surface area (TPSA) is 70.6 Å². The van der Waals surface area contributed by atoms with E-state index in [0.29, 0.717) is 6.42 Å². The van der Waals surface area contributed by atoms with Crippen LogP contribution < -0.4 is 11.2 Å². The summed E-state index contributed by atoms with van der Waals surface area (Å²) in [4.78, 5) is 0. The Bertz CT molecular complexity index is 102. The predicted octanol–water partition coefficient (Wildman–Crippen LogP) is -0.751. The van der Waals surface area contributed by atoms with Crippen LogP contribution in [0.4, 0.5) is 0 Å². The molecule has 0 aliphatic carbocycles. The third-order valence-electron chi connectivity index (χ3n) is 0.969. The van der Waals surface area contributed by atoms with Crippen molar-refractivity contribution in [1.82, 2.24) is 5.43 Å². The largest absolute Gasteiger partial charge is 0.385 e. The zero-order valence-corrected chi connectivity index (χ0v) is 5.76. The van der Waals surface area contributed by atoms with Crippen LogP contribution in [0.15, 0.2) is 5.10 Å². The van der Waals surface area contributed by atoms with Crippen LogP contribution in [-0.2, 0) is 0 Å². The van der Waals surface area contributed by atoms with Crippen molar-refractivity contribution in [3.8, 4) is 0 Å². The second-order valence-corrected chi connectivity index (χ2v) is 1.68. The van der Waals surface area contributed by atoms with E-state index in [1.54, 1.807) is 7.05 Å². The summed E-state index contributed by atoms with van der Waals surface area (Å²) in [5.74, 6) is 0.236. The fraction of sp³-hybridized carbons (Fsp3) is 0.800. The molecule has 0 spiro atoms. The third-order valence-corrected chi connectivity index (χ3v) is 0.969. The van der Waals surface area contributed by atoms with Crippen molar-refractivity contribution in [2.45, 2.75) is 19.4 Å². The second kappa shape index (κ2) is 4.14. The fourth-order valence-corrected chi connectivity index (χ4v) is 0.413. The zero-order valence-electron chi connectivity index (χ0n) is 5.76. The van der Waals surface area contributed by atoms with Gasteiger partial charge in [0.15, 0.2) is 0 Å². The van der Waals surface area contributed by atoms with Gasteiger partial charge in [0.05, 0.1) is 0 Å². The number of aliphatic hydroxyl groups excluding tert-OH is 1. The molecule has 0 fully saturated rings. The average molecular weight is 131 g/mol. The number of hydrogen-bond donors (Lipinski definition) is 3. The number of hydrazone groups is 1. The molecule has 9 heavy (non-hydrogen) atoms. The molecule has 0 radical (unpaired) electrons. The van der Waals surface area contributed by atoms with E-state index < -0.39 is 6.10 Å². The Labute approximate surface area is 54.7 Å². The maximum absolute atomic E-state index is 8.96. The molecule has 0 saturated carbocycles. The van der Waals surface area contributed by atoms with Crippen molar-refractivity contribution >= 4 is 5.84 Å². The van der Waals surface area contributed by atoms with Crippen molar-refractivity contribution in [3.05, 3.63) is 0 Å². The maximum atomic E-state index is 8.96. The third kappa shape index (κ3) is 2.92. The molecule has 4 heteroatoms. The summed E-state index contributed by atoms with van der Waals surface area (Å²) in [5.41, 5.74) is 7.76. The van der Waals surface area contributed by atoms with Crippen molar-refractivity contribution < 1.29 is 5.11 Å². The van der Waals surface area contributed by atoms with E-state index >= 15 is 0 Å². The Hall–Kier alpha value is -0.770. The molecule has 0 aliphatic rings. The van der Waals surface area contributed by atoms with Gasteiger partial charge < -0.3 is 16.3 Å². The summed E-state index contributed by atoms with van der Waals surface area (Å²) >= 11 is 0. The first-order chi connectivity index (χ1) is 4.22. The van der Waals surface area contributed by atoms with Gasteiger partial charge in [-0.25, -0.2) is 0 Å². The molecule has 1 unspecified atom stereocenters. The standard InChI is InChI=1S/C5H13N3O/c1-3-4(9)5(6)8-7-2/h4,7,9H,3H2,1-2H3,(H2,6,8). The SMILES string of the molecule is CCC(O)/C(N)=N/NC. The Morgan fingerprint density at radius 3 is 2.78 bits per heavy atom. The molecule has 0 saturated heterocycles. The van der Waals surface area contributed by atoms with Crippen molar-refractivity contribution in [2.75, 3.05) is 7.05 Å². The monoisotopic (exact) mass is 131 g/mol. The highest BCUT2D eigenvalue weighted by Gasteiger charge is 2.03. The lowest BCUT2D eigenvalue weighted by Crippen LogP contribution is -2.29.